The number of carboxylic acids is 1. The summed E-state index contributed by atoms with van der Waals surface area (Å²) in [5.41, 5.74) is 1.69. The quantitative estimate of drug-likeness (QED) is 0.728. The van der Waals surface area contributed by atoms with Gasteiger partial charge in [0.25, 0.3) is 5.91 Å². The van der Waals surface area contributed by atoms with Gasteiger partial charge >= 0.3 is 5.97 Å². The van der Waals surface area contributed by atoms with Crippen molar-refractivity contribution in [2.75, 3.05) is 25.6 Å². The lowest BCUT2D eigenvalue weighted by atomic mass is 10.1. The van der Waals surface area contributed by atoms with Gasteiger partial charge in [-0.25, -0.2) is 4.79 Å². The second kappa shape index (κ2) is 8.81. The summed E-state index contributed by atoms with van der Waals surface area (Å²) >= 11 is 0. The van der Waals surface area contributed by atoms with Crippen LogP contribution in [0.1, 0.15) is 26.3 Å². The van der Waals surface area contributed by atoms with Crippen LogP contribution < -0.4 is 5.32 Å². The third-order valence-corrected chi connectivity index (χ3v) is 3.32. The van der Waals surface area contributed by atoms with Gasteiger partial charge in [-0.05, 0) is 29.8 Å². The predicted octanol–water partition coefficient (Wildman–Crippen LogP) is 2.80. The molecule has 0 fully saturated rings. The number of aromatic carboxylic acids is 1. The van der Waals surface area contributed by atoms with Crippen molar-refractivity contribution in [3.63, 3.8) is 0 Å². The highest BCUT2D eigenvalue weighted by molar-refractivity contribution is 6.07. The van der Waals surface area contributed by atoms with Crippen LogP contribution in [0.15, 0.2) is 48.5 Å². The summed E-state index contributed by atoms with van der Waals surface area (Å²) in [5, 5.41) is 11.8. The zero-order chi connectivity index (χ0) is 17.4. The average Bonchev–Trinajstić information content (AvgIpc) is 2.59. The first-order chi connectivity index (χ1) is 11.6. The van der Waals surface area contributed by atoms with E-state index in [1.165, 1.54) is 6.07 Å². The van der Waals surface area contributed by atoms with E-state index in [0.29, 0.717) is 25.4 Å². The van der Waals surface area contributed by atoms with Crippen LogP contribution in [0.2, 0.25) is 0 Å². The summed E-state index contributed by atoms with van der Waals surface area (Å²) in [6.45, 7) is 1.47. The summed E-state index contributed by atoms with van der Waals surface area (Å²) in [6.07, 6.45) is 0. The van der Waals surface area contributed by atoms with Gasteiger partial charge in [0.2, 0.25) is 0 Å². The molecular formula is C18H19NO5. The molecule has 0 aliphatic heterocycles. The fraction of sp³-hybridized carbons (Fsp3) is 0.222. The Hall–Kier alpha value is -2.70. The average molecular weight is 329 g/mol. The van der Waals surface area contributed by atoms with E-state index in [0.717, 1.165) is 5.56 Å². The second-order valence-electron chi connectivity index (χ2n) is 5.05. The fourth-order valence-electron chi connectivity index (χ4n) is 2.06. The molecule has 0 unspecified atom stereocenters. The zero-order valence-electron chi connectivity index (χ0n) is 13.3. The Morgan fingerprint density at radius 1 is 1.04 bits per heavy atom. The minimum Gasteiger partial charge on any atom is -0.478 e. The Morgan fingerprint density at radius 3 is 2.42 bits per heavy atom. The molecule has 2 aromatic carbocycles. The number of benzene rings is 2. The number of hydrogen-bond acceptors (Lipinski definition) is 4. The third kappa shape index (κ3) is 4.91. The molecule has 2 aromatic rings. The van der Waals surface area contributed by atoms with E-state index in [-0.39, 0.29) is 17.2 Å². The molecule has 2 N–H and O–H groups in total. The minimum atomic E-state index is -1.09. The maximum absolute atomic E-state index is 12.2. The summed E-state index contributed by atoms with van der Waals surface area (Å²) in [7, 11) is 1.61. The van der Waals surface area contributed by atoms with Gasteiger partial charge < -0.3 is 19.9 Å². The van der Waals surface area contributed by atoms with Crippen molar-refractivity contribution >= 4 is 17.6 Å². The van der Waals surface area contributed by atoms with Crippen LogP contribution in [0.5, 0.6) is 0 Å². The molecule has 0 bridgehead atoms. The van der Waals surface area contributed by atoms with Crippen LogP contribution in [-0.4, -0.2) is 37.3 Å². The Bertz CT molecular complexity index is 697. The number of carbonyl (C=O) groups is 2. The molecule has 0 heterocycles. The summed E-state index contributed by atoms with van der Waals surface area (Å²) in [6, 6.07) is 13.2. The smallest absolute Gasteiger partial charge is 0.337 e. The molecule has 6 nitrogen and oxygen atoms in total. The predicted molar refractivity (Wildman–Crippen MR) is 89.3 cm³/mol. The molecule has 0 spiro atoms. The molecule has 0 aromatic heterocycles. The van der Waals surface area contributed by atoms with Crippen LogP contribution in [-0.2, 0) is 16.1 Å². The number of carboxylic acid groups (broad SMARTS) is 1. The zero-order valence-corrected chi connectivity index (χ0v) is 13.3. The molecular weight excluding hydrogens is 310 g/mol. The molecule has 2 rings (SSSR count). The van der Waals surface area contributed by atoms with Gasteiger partial charge in [0, 0.05) is 12.7 Å². The van der Waals surface area contributed by atoms with Crippen molar-refractivity contribution in [3.05, 3.63) is 65.2 Å². The summed E-state index contributed by atoms with van der Waals surface area (Å²) in [5.74, 6) is -1.45. The number of anilines is 1. The highest BCUT2D eigenvalue weighted by atomic mass is 16.5. The van der Waals surface area contributed by atoms with Gasteiger partial charge in [-0.2, -0.15) is 0 Å². The Labute approximate surface area is 140 Å². The van der Waals surface area contributed by atoms with Crippen LogP contribution in [0, 0.1) is 0 Å². The molecule has 1 amide bonds. The summed E-state index contributed by atoms with van der Waals surface area (Å²) < 4.78 is 10.3. The number of ether oxygens (including phenoxy) is 2. The number of methoxy groups -OCH3 is 1. The normalized spacial score (nSPS) is 10.4. The number of hydrogen-bond donors (Lipinski definition) is 2. The van der Waals surface area contributed by atoms with Gasteiger partial charge in [0.15, 0.2) is 0 Å². The standard InChI is InChI=1S/C18H19NO5/c1-23-10-11-24-12-13-6-8-14(9-7-13)17(20)19-16-5-3-2-4-15(16)18(21)22/h2-9H,10-12H2,1H3,(H,19,20)(H,21,22). The van der Waals surface area contributed by atoms with Crippen molar-refractivity contribution in [2.45, 2.75) is 6.61 Å². The van der Waals surface area contributed by atoms with E-state index in [1.54, 1.807) is 49.6 Å². The minimum absolute atomic E-state index is 0.0500. The van der Waals surface area contributed by atoms with Crippen molar-refractivity contribution in [1.82, 2.24) is 0 Å². The fourth-order valence-corrected chi connectivity index (χ4v) is 2.06. The van der Waals surface area contributed by atoms with E-state index in [2.05, 4.69) is 5.32 Å². The molecule has 0 aliphatic carbocycles. The highest BCUT2D eigenvalue weighted by Crippen LogP contribution is 2.16. The molecule has 0 saturated carbocycles. The van der Waals surface area contributed by atoms with Crippen molar-refractivity contribution in [2.24, 2.45) is 0 Å². The Morgan fingerprint density at radius 2 is 1.75 bits per heavy atom. The first-order valence-corrected chi connectivity index (χ1v) is 7.41. The third-order valence-electron chi connectivity index (χ3n) is 3.32. The van der Waals surface area contributed by atoms with Crippen LogP contribution in [0.4, 0.5) is 5.69 Å². The Kier molecular flexibility index (Phi) is 6.48. The molecule has 24 heavy (non-hydrogen) atoms. The SMILES string of the molecule is COCCOCc1ccc(C(=O)Nc2ccccc2C(=O)O)cc1. The first-order valence-electron chi connectivity index (χ1n) is 7.41. The van der Waals surface area contributed by atoms with Crippen molar-refractivity contribution in [3.8, 4) is 0 Å². The van der Waals surface area contributed by atoms with Gasteiger partial charge in [-0.1, -0.05) is 24.3 Å². The largest absolute Gasteiger partial charge is 0.478 e. The van der Waals surface area contributed by atoms with Gasteiger partial charge in [0.1, 0.15) is 0 Å². The van der Waals surface area contributed by atoms with Gasteiger partial charge in [0.05, 0.1) is 31.1 Å². The number of rotatable bonds is 8. The number of carbonyl (C=O) groups excluding carboxylic acids is 1. The van der Waals surface area contributed by atoms with Crippen molar-refractivity contribution in [1.29, 1.82) is 0 Å². The summed E-state index contributed by atoms with van der Waals surface area (Å²) in [4.78, 5) is 23.4. The molecule has 126 valence electrons. The molecule has 0 radical (unpaired) electrons. The number of amides is 1. The maximum Gasteiger partial charge on any atom is 0.337 e. The molecule has 0 atom stereocenters. The van der Waals surface area contributed by atoms with Gasteiger partial charge in [-0.3, -0.25) is 4.79 Å². The van der Waals surface area contributed by atoms with E-state index in [9.17, 15) is 9.59 Å². The van der Waals surface area contributed by atoms with Crippen LogP contribution >= 0.6 is 0 Å². The number of nitrogens with one attached hydrogen (secondary N) is 1. The lowest BCUT2D eigenvalue weighted by molar-refractivity contribution is 0.0616. The van der Waals surface area contributed by atoms with Crippen molar-refractivity contribution < 1.29 is 24.2 Å². The van der Waals surface area contributed by atoms with Crippen LogP contribution in [0.3, 0.4) is 0 Å². The maximum atomic E-state index is 12.2. The van der Waals surface area contributed by atoms with E-state index in [4.69, 9.17) is 14.6 Å². The number of para-hydroxylation sites is 1. The second-order valence-corrected chi connectivity index (χ2v) is 5.05. The lowest BCUT2D eigenvalue weighted by Gasteiger charge is -2.09. The monoisotopic (exact) mass is 329 g/mol. The lowest BCUT2D eigenvalue weighted by Crippen LogP contribution is -2.14. The van der Waals surface area contributed by atoms with Gasteiger partial charge in [-0.15, -0.1) is 0 Å². The highest BCUT2D eigenvalue weighted by Gasteiger charge is 2.12. The molecule has 0 aliphatic rings. The van der Waals surface area contributed by atoms with E-state index in [1.807, 2.05) is 0 Å². The van der Waals surface area contributed by atoms with E-state index >= 15 is 0 Å². The topological polar surface area (TPSA) is 84.9 Å². The van der Waals surface area contributed by atoms with Crippen LogP contribution in [0.25, 0.3) is 0 Å². The first kappa shape index (κ1) is 17.7. The molecule has 0 saturated heterocycles. The van der Waals surface area contributed by atoms with E-state index < -0.39 is 5.97 Å². The Balaban J connectivity index is 1.99. The molecule has 6 heteroatoms.